The number of carbonyl (C=O) groups excluding carboxylic acids is 2. The van der Waals surface area contributed by atoms with E-state index in [0.29, 0.717) is 37.4 Å². The van der Waals surface area contributed by atoms with Crippen LogP contribution in [-0.4, -0.2) is 55.0 Å². The number of hydrogen-bond donors (Lipinski definition) is 1. The summed E-state index contributed by atoms with van der Waals surface area (Å²) in [6.45, 7) is 2.86. The summed E-state index contributed by atoms with van der Waals surface area (Å²) >= 11 is 0. The van der Waals surface area contributed by atoms with Gasteiger partial charge in [0, 0.05) is 38.2 Å². The molecule has 0 spiro atoms. The van der Waals surface area contributed by atoms with Crippen molar-refractivity contribution in [2.45, 2.75) is 25.7 Å². The van der Waals surface area contributed by atoms with Crippen LogP contribution in [-0.2, 0) is 4.79 Å². The molecule has 0 unspecified atom stereocenters. The Morgan fingerprint density at radius 2 is 1.76 bits per heavy atom. The zero-order valence-corrected chi connectivity index (χ0v) is 14.5. The van der Waals surface area contributed by atoms with Gasteiger partial charge in [-0.2, -0.15) is 0 Å². The van der Waals surface area contributed by atoms with Crippen LogP contribution >= 0.6 is 0 Å². The summed E-state index contributed by atoms with van der Waals surface area (Å²) in [6.07, 6.45) is 3.41. The van der Waals surface area contributed by atoms with E-state index in [4.69, 9.17) is 4.74 Å². The molecule has 0 radical (unpaired) electrons. The number of ether oxygens (including phenoxy) is 1. The lowest BCUT2D eigenvalue weighted by Crippen LogP contribution is -2.47. The Morgan fingerprint density at radius 1 is 1.12 bits per heavy atom. The maximum Gasteiger partial charge on any atom is 0.319 e. The van der Waals surface area contributed by atoms with E-state index in [2.05, 4.69) is 5.32 Å². The van der Waals surface area contributed by atoms with Crippen molar-refractivity contribution >= 4 is 17.6 Å². The van der Waals surface area contributed by atoms with Gasteiger partial charge >= 0.3 is 6.03 Å². The first-order chi connectivity index (χ1) is 12.1. The van der Waals surface area contributed by atoms with Gasteiger partial charge in [0.2, 0.25) is 5.91 Å². The van der Waals surface area contributed by atoms with Gasteiger partial charge in [0.15, 0.2) is 0 Å². The largest absolute Gasteiger partial charge is 0.494 e. The Hall–Kier alpha value is -2.31. The topological polar surface area (TPSA) is 61.9 Å². The Balaban J connectivity index is 1.54. The highest BCUT2D eigenvalue weighted by atomic mass is 19.1. The van der Waals surface area contributed by atoms with Crippen molar-refractivity contribution in [1.29, 1.82) is 0 Å². The molecule has 7 heteroatoms. The van der Waals surface area contributed by atoms with Crippen LogP contribution in [0.5, 0.6) is 5.75 Å². The number of rotatable bonds is 3. The third-order valence-electron chi connectivity index (χ3n) is 4.93. The summed E-state index contributed by atoms with van der Waals surface area (Å²) in [6, 6.07) is 4.12. The number of nitrogens with one attached hydrogen (secondary N) is 1. The van der Waals surface area contributed by atoms with Crippen LogP contribution in [0, 0.1) is 11.7 Å². The SMILES string of the molecule is COc1cc(F)ccc1NC(=O)C1CCN(C(=O)N2CCCC2)CC1. The Kier molecular flexibility index (Phi) is 5.40. The second-order valence-electron chi connectivity index (χ2n) is 6.57. The van der Waals surface area contributed by atoms with Crippen LogP contribution < -0.4 is 10.1 Å². The van der Waals surface area contributed by atoms with E-state index in [9.17, 15) is 14.0 Å². The maximum absolute atomic E-state index is 13.2. The van der Waals surface area contributed by atoms with Crippen molar-refractivity contribution in [3.63, 3.8) is 0 Å². The molecule has 2 fully saturated rings. The summed E-state index contributed by atoms with van der Waals surface area (Å²) in [7, 11) is 1.44. The molecule has 0 saturated carbocycles. The van der Waals surface area contributed by atoms with Crippen molar-refractivity contribution in [2.75, 3.05) is 38.6 Å². The zero-order chi connectivity index (χ0) is 17.8. The number of nitrogens with zero attached hydrogens (tertiary/aromatic N) is 2. The molecule has 1 aromatic carbocycles. The first-order valence-electron chi connectivity index (χ1n) is 8.76. The summed E-state index contributed by atoms with van der Waals surface area (Å²) in [5.41, 5.74) is 0.462. The predicted molar refractivity (Wildman–Crippen MR) is 92.1 cm³/mol. The quantitative estimate of drug-likeness (QED) is 0.913. The average molecular weight is 349 g/mol. The van der Waals surface area contributed by atoms with Gasteiger partial charge in [-0.05, 0) is 37.8 Å². The third kappa shape index (κ3) is 4.03. The molecule has 136 valence electrons. The fourth-order valence-electron chi connectivity index (χ4n) is 3.44. The van der Waals surface area contributed by atoms with Crippen molar-refractivity contribution in [1.82, 2.24) is 9.80 Å². The number of anilines is 1. The number of amides is 3. The number of carbonyl (C=O) groups is 2. The lowest BCUT2D eigenvalue weighted by molar-refractivity contribution is -0.121. The van der Waals surface area contributed by atoms with Crippen LogP contribution in [0.2, 0.25) is 0 Å². The van der Waals surface area contributed by atoms with E-state index in [1.165, 1.54) is 25.3 Å². The van der Waals surface area contributed by atoms with Crippen LogP contribution in [0.4, 0.5) is 14.9 Å². The Morgan fingerprint density at radius 3 is 2.40 bits per heavy atom. The number of urea groups is 1. The Labute approximate surface area is 146 Å². The summed E-state index contributed by atoms with van der Waals surface area (Å²) in [4.78, 5) is 28.6. The second kappa shape index (κ2) is 7.72. The lowest BCUT2D eigenvalue weighted by atomic mass is 9.96. The van der Waals surface area contributed by atoms with Crippen LogP contribution in [0.25, 0.3) is 0 Å². The molecule has 2 aliphatic heterocycles. The number of piperidine rings is 1. The molecule has 2 saturated heterocycles. The molecular weight excluding hydrogens is 325 g/mol. The van der Waals surface area contributed by atoms with Gasteiger partial charge in [-0.15, -0.1) is 0 Å². The first kappa shape index (κ1) is 17.5. The minimum atomic E-state index is -0.413. The van der Waals surface area contributed by atoms with Crippen molar-refractivity contribution in [3.8, 4) is 5.75 Å². The molecule has 2 aliphatic rings. The molecular formula is C18H24FN3O3. The van der Waals surface area contributed by atoms with Gasteiger partial charge in [0.1, 0.15) is 11.6 Å². The molecule has 1 N–H and O–H groups in total. The van der Waals surface area contributed by atoms with E-state index in [0.717, 1.165) is 25.9 Å². The average Bonchev–Trinajstić information content (AvgIpc) is 3.17. The van der Waals surface area contributed by atoms with Gasteiger partial charge in [-0.1, -0.05) is 0 Å². The third-order valence-corrected chi connectivity index (χ3v) is 4.93. The van der Waals surface area contributed by atoms with Gasteiger partial charge in [0.05, 0.1) is 12.8 Å². The molecule has 3 rings (SSSR count). The monoisotopic (exact) mass is 349 g/mol. The standard InChI is InChI=1S/C18H24FN3O3/c1-25-16-12-14(19)4-5-15(16)20-17(23)13-6-10-22(11-7-13)18(24)21-8-2-3-9-21/h4-5,12-13H,2-3,6-11H2,1H3,(H,20,23). The molecule has 3 amide bonds. The summed E-state index contributed by atoms with van der Waals surface area (Å²) < 4.78 is 18.3. The maximum atomic E-state index is 13.2. The van der Waals surface area contributed by atoms with Crippen LogP contribution in [0.15, 0.2) is 18.2 Å². The molecule has 1 aromatic rings. The van der Waals surface area contributed by atoms with E-state index in [1.54, 1.807) is 0 Å². The van der Waals surface area contributed by atoms with E-state index < -0.39 is 5.82 Å². The van der Waals surface area contributed by atoms with Gasteiger partial charge in [-0.25, -0.2) is 9.18 Å². The fourth-order valence-corrected chi connectivity index (χ4v) is 3.44. The van der Waals surface area contributed by atoms with Crippen molar-refractivity contribution in [3.05, 3.63) is 24.0 Å². The highest BCUT2D eigenvalue weighted by molar-refractivity contribution is 5.94. The highest BCUT2D eigenvalue weighted by Gasteiger charge is 2.30. The molecule has 6 nitrogen and oxygen atoms in total. The number of hydrogen-bond acceptors (Lipinski definition) is 3. The molecule has 0 aromatic heterocycles. The summed E-state index contributed by atoms with van der Waals surface area (Å²) in [5.74, 6) is -0.380. The number of likely N-dealkylation sites (tertiary alicyclic amines) is 2. The predicted octanol–water partition coefficient (Wildman–Crippen LogP) is 2.70. The summed E-state index contributed by atoms with van der Waals surface area (Å²) in [5, 5.41) is 2.81. The zero-order valence-electron chi connectivity index (χ0n) is 14.5. The van der Waals surface area contributed by atoms with E-state index >= 15 is 0 Å². The van der Waals surface area contributed by atoms with Crippen LogP contribution in [0.1, 0.15) is 25.7 Å². The van der Waals surface area contributed by atoms with Gasteiger partial charge in [0.25, 0.3) is 0 Å². The molecule has 0 aliphatic carbocycles. The smallest absolute Gasteiger partial charge is 0.319 e. The van der Waals surface area contributed by atoms with Crippen molar-refractivity contribution in [2.24, 2.45) is 5.92 Å². The van der Waals surface area contributed by atoms with E-state index in [1.807, 2.05) is 9.80 Å². The van der Waals surface area contributed by atoms with Gasteiger partial charge < -0.3 is 19.9 Å². The highest BCUT2D eigenvalue weighted by Crippen LogP contribution is 2.27. The first-order valence-corrected chi connectivity index (χ1v) is 8.76. The molecule has 25 heavy (non-hydrogen) atoms. The minimum absolute atomic E-state index is 0.0940. The number of methoxy groups -OCH3 is 1. The van der Waals surface area contributed by atoms with Crippen molar-refractivity contribution < 1.29 is 18.7 Å². The lowest BCUT2D eigenvalue weighted by Gasteiger charge is -2.34. The fraction of sp³-hybridized carbons (Fsp3) is 0.556. The normalized spacial score (nSPS) is 18.3. The van der Waals surface area contributed by atoms with E-state index in [-0.39, 0.29) is 17.9 Å². The molecule has 0 atom stereocenters. The number of halogens is 1. The minimum Gasteiger partial charge on any atom is -0.494 e. The second-order valence-corrected chi connectivity index (χ2v) is 6.57. The Bertz CT molecular complexity index is 638. The number of benzene rings is 1. The van der Waals surface area contributed by atoms with Crippen LogP contribution in [0.3, 0.4) is 0 Å². The molecule has 0 bridgehead atoms. The molecule has 2 heterocycles. The van der Waals surface area contributed by atoms with Gasteiger partial charge in [-0.3, -0.25) is 4.79 Å².